The Labute approximate surface area is 347 Å². The zero-order valence-corrected chi connectivity index (χ0v) is 34.1. The molecule has 0 spiro atoms. The number of aromatic nitrogens is 4. The highest BCUT2D eigenvalue weighted by Gasteiger charge is 2.32. The van der Waals surface area contributed by atoms with Crippen LogP contribution in [0.15, 0.2) is 192 Å². The molecule has 1 aliphatic heterocycles. The highest BCUT2D eigenvalue weighted by Crippen LogP contribution is 2.67. The van der Waals surface area contributed by atoms with Crippen LogP contribution < -0.4 is 0 Å². The molecule has 0 radical (unpaired) electrons. The molecule has 0 atom stereocenters. The summed E-state index contributed by atoms with van der Waals surface area (Å²) < 4.78 is 5.00. The van der Waals surface area contributed by atoms with Crippen LogP contribution in [0, 0.1) is 0 Å². The quantitative estimate of drug-likeness (QED) is 0.174. The summed E-state index contributed by atoms with van der Waals surface area (Å²) in [6, 6.07) is 65.3. The normalized spacial score (nSPS) is 13.6. The fraction of sp³-hybridized carbons (Fsp3) is 0.0377. The molecule has 6 heteroatoms. The predicted octanol–water partition coefficient (Wildman–Crippen LogP) is 14.5. The Morgan fingerprint density at radius 3 is 1.88 bits per heavy atom. The van der Waals surface area contributed by atoms with Gasteiger partial charge in [-0.2, -0.15) is 10.0 Å². The predicted molar refractivity (Wildman–Crippen MR) is 250 cm³/mol. The molecule has 0 saturated carbocycles. The number of thiophene rings is 1. The molecule has 12 rings (SSSR count). The van der Waals surface area contributed by atoms with Gasteiger partial charge in [0.05, 0.1) is 16.7 Å². The van der Waals surface area contributed by atoms with Gasteiger partial charge in [-0.15, -0.1) is 11.3 Å². The van der Waals surface area contributed by atoms with Gasteiger partial charge >= 0.3 is 0 Å². The Morgan fingerprint density at radius 1 is 0.424 bits per heavy atom. The van der Waals surface area contributed by atoms with Crippen molar-refractivity contribution in [3.8, 4) is 62.1 Å². The van der Waals surface area contributed by atoms with E-state index in [-0.39, 0.29) is 0 Å². The van der Waals surface area contributed by atoms with Crippen molar-refractivity contribution in [2.24, 2.45) is 0 Å². The molecule has 0 saturated heterocycles. The minimum Gasteiger partial charge on any atom is -0.308 e. The maximum atomic E-state index is 5.35. The zero-order valence-electron chi connectivity index (χ0n) is 32.4. The summed E-state index contributed by atoms with van der Waals surface area (Å²) in [5, 5.41) is 5.06. The highest BCUT2D eigenvalue weighted by atomic mass is 32.3. The van der Waals surface area contributed by atoms with Gasteiger partial charge in [-0.1, -0.05) is 140 Å². The lowest BCUT2D eigenvalue weighted by Gasteiger charge is -2.28. The fourth-order valence-corrected chi connectivity index (χ4v) is 13.0. The van der Waals surface area contributed by atoms with Crippen molar-refractivity contribution >= 4 is 63.3 Å². The molecule has 0 N–H and O–H groups in total. The van der Waals surface area contributed by atoms with E-state index in [1.807, 2.05) is 29.5 Å². The lowest BCUT2D eigenvalue weighted by atomic mass is 10.0. The molecular weight excluding hydrogens is 757 g/mol. The molecule has 59 heavy (non-hydrogen) atoms. The molecule has 0 bridgehead atoms. The third-order valence-electron chi connectivity index (χ3n) is 12.0. The first-order chi connectivity index (χ1) is 29.0. The third-order valence-corrected chi connectivity index (χ3v) is 16.0. The van der Waals surface area contributed by atoms with E-state index in [0.29, 0.717) is 17.5 Å². The summed E-state index contributed by atoms with van der Waals surface area (Å²) in [5.41, 5.74) is 11.3. The topological polar surface area (TPSA) is 43.6 Å². The van der Waals surface area contributed by atoms with Crippen LogP contribution in [0.3, 0.4) is 0 Å². The first-order valence-corrected chi connectivity index (χ1v) is 23.1. The Kier molecular flexibility index (Phi) is 7.58. The maximum Gasteiger partial charge on any atom is 0.166 e. The van der Waals surface area contributed by atoms with E-state index in [0.717, 1.165) is 33.4 Å². The van der Waals surface area contributed by atoms with Crippen LogP contribution in [0.25, 0.3) is 104 Å². The number of hydrogen-bond donors (Lipinski definition) is 0. The Balaban J connectivity index is 1.09. The van der Waals surface area contributed by atoms with Crippen molar-refractivity contribution < 1.29 is 0 Å². The second kappa shape index (κ2) is 13.1. The average Bonchev–Trinajstić information content (AvgIpc) is 3.92. The third kappa shape index (κ3) is 5.20. The first-order valence-electron chi connectivity index (χ1n) is 19.8. The molecule has 0 amide bonds. The molecule has 8 aromatic carbocycles. The highest BCUT2D eigenvalue weighted by molar-refractivity contribution is 8.33. The monoisotopic (exact) mass is 792 g/mol. The molecule has 1 aliphatic rings. The largest absolute Gasteiger partial charge is 0.308 e. The van der Waals surface area contributed by atoms with Crippen molar-refractivity contribution in [3.05, 3.63) is 182 Å². The lowest BCUT2D eigenvalue weighted by molar-refractivity contribution is 1.06. The van der Waals surface area contributed by atoms with Gasteiger partial charge in [-0.3, -0.25) is 0 Å². The number of nitrogens with zero attached hydrogens (tertiary/aromatic N) is 4. The van der Waals surface area contributed by atoms with Crippen molar-refractivity contribution in [2.75, 3.05) is 12.5 Å². The van der Waals surface area contributed by atoms with Crippen LogP contribution in [0.2, 0.25) is 0 Å². The summed E-state index contributed by atoms with van der Waals surface area (Å²) in [6.45, 7) is 0. The smallest absolute Gasteiger partial charge is 0.166 e. The van der Waals surface area contributed by atoms with Crippen LogP contribution in [-0.2, 0) is 0 Å². The Morgan fingerprint density at radius 2 is 1.05 bits per heavy atom. The van der Waals surface area contributed by atoms with E-state index in [1.165, 1.54) is 63.0 Å². The van der Waals surface area contributed by atoms with Crippen molar-refractivity contribution in [1.29, 1.82) is 0 Å². The van der Waals surface area contributed by atoms with Crippen LogP contribution in [0.5, 0.6) is 0 Å². The van der Waals surface area contributed by atoms with Crippen LogP contribution in [0.4, 0.5) is 0 Å². The molecule has 4 heterocycles. The summed E-state index contributed by atoms with van der Waals surface area (Å²) in [6.07, 6.45) is 4.79. The second-order valence-corrected chi connectivity index (χ2v) is 20.1. The molecule has 280 valence electrons. The van der Waals surface area contributed by atoms with Crippen molar-refractivity contribution in [3.63, 3.8) is 0 Å². The minimum atomic E-state index is -1.21. The number of para-hydroxylation sites is 2. The summed E-state index contributed by atoms with van der Waals surface area (Å²) >= 11 is 1.88. The SMILES string of the molecule is CS1(C)c2ccccc2-c2ccc(-c3nc(-c4ccccc4)nc(-c4ccccc4-n4c5ccccc5c5c6c(ccc54)sc4c(-c5ccccc5)cccc46)n3)cc21. The number of hydrogen-bond acceptors (Lipinski definition) is 4. The zero-order chi connectivity index (χ0) is 39.2. The minimum absolute atomic E-state index is 0.639. The van der Waals surface area contributed by atoms with Crippen molar-refractivity contribution in [1.82, 2.24) is 19.5 Å². The molecule has 0 aliphatic carbocycles. The van der Waals surface area contributed by atoms with Gasteiger partial charge in [-0.25, -0.2) is 15.0 Å². The summed E-state index contributed by atoms with van der Waals surface area (Å²) in [5.74, 6) is 1.96. The number of fused-ring (bicyclic) bond motifs is 10. The number of benzene rings is 8. The summed E-state index contributed by atoms with van der Waals surface area (Å²) in [4.78, 5) is 18.6. The van der Waals surface area contributed by atoms with E-state index in [9.17, 15) is 0 Å². The van der Waals surface area contributed by atoms with Gasteiger partial charge in [-0.05, 0) is 77.2 Å². The van der Waals surface area contributed by atoms with E-state index in [2.05, 4.69) is 181 Å². The Bertz CT molecular complexity index is 3470. The fourth-order valence-electron chi connectivity index (χ4n) is 9.21. The Hall–Kier alpha value is -6.86. The van der Waals surface area contributed by atoms with Crippen LogP contribution >= 0.6 is 21.4 Å². The number of rotatable bonds is 5. The van der Waals surface area contributed by atoms with E-state index >= 15 is 0 Å². The standard InChI is InChI=1S/C53H36N4S2/c1-59(2)46-27-14-11-20-37(46)38-29-28-35(32-47(38)59)52-54-51(34-18-7-4-8-19-34)55-53(56-52)40-22-10-13-26-43(40)57-42-25-12-9-21-39(42)48-44(57)30-31-45-49(48)41-24-15-23-36(50(41)58-45)33-16-5-3-6-17-33/h3-32H,1-2H3. The lowest BCUT2D eigenvalue weighted by Crippen LogP contribution is -2.04. The van der Waals surface area contributed by atoms with Gasteiger partial charge in [0.25, 0.3) is 0 Å². The van der Waals surface area contributed by atoms with Gasteiger partial charge in [0.15, 0.2) is 17.5 Å². The second-order valence-electron chi connectivity index (χ2n) is 15.6. The van der Waals surface area contributed by atoms with E-state index in [4.69, 9.17) is 15.0 Å². The average molecular weight is 793 g/mol. The summed E-state index contributed by atoms with van der Waals surface area (Å²) in [7, 11) is -1.21. The molecule has 0 unspecified atom stereocenters. The van der Waals surface area contributed by atoms with Gasteiger partial charge in [0.1, 0.15) is 0 Å². The van der Waals surface area contributed by atoms with Crippen molar-refractivity contribution in [2.45, 2.75) is 9.79 Å². The maximum absolute atomic E-state index is 5.35. The molecule has 11 aromatic rings. The molecular formula is C53H36N4S2. The molecule has 3 aromatic heterocycles. The van der Waals surface area contributed by atoms with Gasteiger partial charge in [0.2, 0.25) is 0 Å². The van der Waals surface area contributed by atoms with E-state index in [1.54, 1.807) is 0 Å². The molecule has 0 fully saturated rings. The van der Waals surface area contributed by atoms with Crippen LogP contribution in [-0.4, -0.2) is 32.0 Å². The van der Waals surface area contributed by atoms with Gasteiger partial charge in [0, 0.05) is 57.4 Å². The van der Waals surface area contributed by atoms with Gasteiger partial charge < -0.3 is 4.57 Å². The van der Waals surface area contributed by atoms with E-state index < -0.39 is 10.0 Å². The molecule has 4 nitrogen and oxygen atoms in total. The first kappa shape index (κ1) is 34.2. The van der Waals surface area contributed by atoms with Crippen LogP contribution in [0.1, 0.15) is 0 Å².